The molecule has 1 aromatic carbocycles. The number of sulfonamides is 1. The molecule has 0 saturated carbocycles. The molecule has 0 amide bonds. The molecule has 1 heterocycles. The molecule has 0 aliphatic rings. The van der Waals surface area contributed by atoms with Crippen molar-refractivity contribution in [2.75, 3.05) is 6.61 Å². The summed E-state index contributed by atoms with van der Waals surface area (Å²) in [6.45, 7) is 7.94. The highest BCUT2D eigenvalue weighted by atomic mass is 32.2. The molecular weight excluding hydrogens is 314 g/mol. The molecule has 6 nitrogen and oxygen atoms in total. The zero-order chi connectivity index (χ0) is 17.0. The fourth-order valence-electron chi connectivity index (χ4n) is 2.13. The van der Waals surface area contributed by atoms with Crippen LogP contribution in [0.2, 0.25) is 0 Å². The first-order chi connectivity index (χ1) is 10.8. The lowest BCUT2D eigenvalue weighted by atomic mass is 10.1. The standard InChI is InChI=1S/C16H21N3O3S/c1-5-22-15-8-12(3)16(9-11(15)2)23(20,21)17-10-14-7-6-13(4)18-19-14/h6-9,17H,5,10H2,1-4H3. The van der Waals surface area contributed by atoms with E-state index < -0.39 is 10.0 Å². The largest absolute Gasteiger partial charge is 0.494 e. The van der Waals surface area contributed by atoms with E-state index in [-0.39, 0.29) is 11.4 Å². The third-order valence-corrected chi connectivity index (χ3v) is 4.90. The molecule has 0 unspecified atom stereocenters. The van der Waals surface area contributed by atoms with Gasteiger partial charge in [-0.2, -0.15) is 10.2 Å². The van der Waals surface area contributed by atoms with E-state index in [1.54, 1.807) is 31.2 Å². The minimum atomic E-state index is -3.63. The van der Waals surface area contributed by atoms with Crippen molar-refractivity contribution >= 4 is 10.0 Å². The quantitative estimate of drug-likeness (QED) is 0.876. The summed E-state index contributed by atoms with van der Waals surface area (Å²) >= 11 is 0. The Hall–Kier alpha value is -1.99. The van der Waals surface area contributed by atoms with Crippen LogP contribution in [0.15, 0.2) is 29.2 Å². The average molecular weight is 335 g/mol. The summed E-state index contributed by atoms with van der Waals surface area (Å²) in [6.07, 6.45) is 0. The smallest absolute Gasteiger partial charge is 0.241 e. The lowest BCUT2D eigenvalue weighted by Crippen LogP contribution is -2.24. The number of nitrogens with one attached hydrogen (secondary N) is 1. The second-order valence-electron chi connectivity index (χ2n) is 5.31. The summed E-state index contributed by atoms with van der Waals surface area (Å²) in [7, 11) is -3.63. The molecule has 0 aliphatic heterocycles. The number of hydrogen-bond acceptors (Lipinski definition) is 5. The molecule has 0 bridgehead atoms. The molecule has 1 aromatic heterocycles. The Bertz CT molecular complexity index is 787. The Balaban J connectivity index is 2.22. The highest BCUT2D eigenvalue weighted by molar-refractivity contribution is 7.89. The van der Waals surface area contributed by atoms with Gasteiger partial charge < -0.3 is 4.74 Å². The first-order valence-electron chi connectivity index (χ1n) is 7.36. The van der Waals surface area contributed by atoms with Crippen molar-refractivity contribution in [1.82, 2.24) is 14.9 Å². The number of rotatable bonds is 6. The van der Waals surface area contributed by atoms with Gasteiger partial charge in [0.25, 0.3) is 0 Å². The molecule has 1 N–H and O–H groups in total. The van der Waals surface area contributed by atoms with Crippen LogP contribution in [0.4, 0.5) is 0 Å². The van der Waals surface area contributed by atoms with Crippen LogP contribution >= 0.6 is 0 Å². The van der Waals surface area contributed by atoms with Gasteiger partial charge in [0, 0.05) is 0 Å². The van der Waals surface area contributed by atoms with Crippen LogP contribution in [0, 0.1) is 20.8 Å². The Morgan fingerprint density at radius 1 is 1.09 bits per heavy atom. The fourth-order valence-corrected chi connectivity index (χ4v) is 3.44. The number of hydrogen-bond donors (Lipinski definition) is 1. The number of ether oxygens (including phenoxy) is 1. The summed E-state index contributed by atoms with van der Waals surface area (Å²) in [5.41, 5.74) is 2.78. The van der Waals surface area contributed by atoms with Crippen molar-refractivity contribution in [3.63, 3.8) is 0 Å². The molecule has 0 spiro atoms. The number of benzene rings is 1. The van der Waals surface area contributed by atoms with Crippen LogP contribution in [0.25, 0.3) is 0 Å². The maximum Gasteiger partial charge on any atom is 0.241 e. The molecule has 0 radical (unpaired) electrons. The first-order valence-corrected chi connectivity index (χ1v) is 8.84. The summed E-state index contributed by atoms with van der Waals surface area (Å²) in [5.74, 6) is 0.702. The molecule has 0 fully saturated rings. The van der Waals surface area contributed by atoms with Crippen molar-refractivity contribution < 1.29 is 13.2 Å². The lowest BCUT2D eigenvalue weighted by Gasteiger charge is -2.13. The predicted octanol–water partition coefficient (Wildman–Crippen LogP) is 2.28. The van der Waals surface area contributed by atoms with Crippen molar-refractivity contribution in [1.29, 1.82) is 0 Å². The van der Waals surface area contributed by atoms with E-state index >= 15 is 0 Å². The third kappa shape index (κ3) is 4.27. The van der Waals surface area contributed by atoms with Gasteiger partial charge in [-0.05, 0) is 63.1 Å². The van der Waals surface area contributed by atoms with Crippen molar-refractivity contribution in [3.8, 4) is 5.75 Å². The van der Waals surface area contributed by atoms with Crippen LogP contribution in [-0.4, -0.2) is 25.2 Å². The van der Waals surface area contributed by atoms with Crippen LogP contribution < -0.4 is 9.46 Å². The van der Waals surface area contributed by atoms with E-state index in [1.165, 1.54) is 0 Å². The molecule has 124 valence electrons. The third-order valence-electron chi connectivity index (χ3n) is 3.36. The zero-order valence-electron chi connectivity index (χ0n) is 13.8. The summed E-state index contributed by atoms with van der Waals surface area (Å²) in [5, 5.41) is 7.87. The molecular formula is C16H21N3O3S. The number of aromatic nitrogens is 2. The average Bonchev–Trinajstić information content (AvgIpc) is 2.50. The fraction of sp³-hybridized carbons (Fsp3) is 0.375. The van der Waals surface area contributed by atoms with Gasteiger partial charge in [-0.1, -0.05) is 0 Å². The lowest BCUT2D eigenvalue weighted by molar-refractivity contribution is 0.337. The van der Waals surface area contributed by atoms with E-state index in [9.17, 15) is 8.42 Å². The highest BCUT2D eigenvalue weighted by Crippen LogP contribution is 2.25. The Kier molecular flexibility index (Phi) is 5.33. The Labute approximate surface area is 137 Å². The van der Waals surface area contributed by atoms with Gasteiger partial charge in [-0.25, -0.2) is 13.1 Å². The zero-order valence-corrected chi connectivity index (χ0v) is 14.6. The number of aryl methyl sites for hydroxylation is 3. The molecule has 0 aliphatic carbocycles. The van der Waals surface area contributed by atoms with Gasteiger partial charge in [0.2, 0.25) is 10.0 Å². The molecule has 0 saturated heterocycles. The maximum absolute atomic E-state index is 12.5. The Morgan fingerprint density at radius 2 is 1.83 bits per heavy atom. The number of nitrogens with zero attached hydrogens (tertiary/aromatic N) is 2. The minimum Gasteiger partial charge on any atom is -0.494 e. The van der Waals surface area contributed by atoms with Crippen molar-refractivity contribution in [3.05, 3.63) is 46.8 Å². The Morgan fingerprint density at radius 3 is 2.43 bits per heavy atom. The molecule has 23 heavy (non-hydrogen) atoms. The van der Waals surface area contributed by atoms with Crippen molar-refractivity contribution in [2.24, 2.45) is 0 Å². The molecule has 0 atom stereocenters. The van der Waals surface area contributed by atoms with Crippen LogP contribution in [0.3, 0.4) is 0 Å². The van der Waals surface area contributed by atoms with E-state index in [2.05, 4.69) is 14.9 Å². The van der Waals surface area contributed by atoms with Crippen LogP contribution in [0.1, 0.15) is 29.4 Å². The first kappa shape index (κ1) is 17.4. The SMILES string of the molecule is CCOc1cc(C)c(S(=O)(=O)NCc2ccc(C)nn2)cc1C. The van der Waals surface area contributed by atoms with E-state index in [4.69, 9.17) is 4.74 Å². The highest BCUT2D eigenvalue weighted by Gasteiger charge is 2.19. The predicted molar refractivity (Wildman–Crippen MR) is 87.9 cm³/mol. The molecule has 7 heteroatoms. The monoisotopic (exact) mass is 335 g/mol. The minimum absolute atomic E-state index is 0.0985. The van der Waals surface area contributed by atoms with E-state index in [0.717, 1.165) is 11.3 Å². The van der Waals surface area contributed by atoms with E-state index in [1.807, 2.05) is 20.8 Å². The summed E-state index contributed by atoms with van der Waals surface area (Å²) in [4.78, 5) is 0.249. The summed E-state index contributed by atoms with van der Waals surface area (Å²) < 4.78 is 33.1. The van der Waals surface area contributed by atoms with Gasteiger partial charge in [-0.15, -0.1) is 0 Å². The maximum atomic E-state index is 12.5. The molecule has 2 rings (SSSR count). The normalized spacial score (nSPS) is 11.5. The van der Waals surface area contributed by atoms with Crippen LogP contribution in [-0.2, 0) is 16.6 Å². The topological polar surface area (TPSA) is 81.2 Å². The molecule has 2 aromatic rings. The van der Waals surface area contributed by atoms with Gasteiger partial charge in [-0.3, -0.25) is 0 Å². The van der Waals surface area contributed by atoms with Crippen molar-refractivity contribution in [2.45, 2.75) is 39.1 Å². The van der Waals surface area contributed by atoms with Crippen LogP contribution in [0.5, 0.6) is 5.75 Å². The summed E-state index contributed by atoms with van der Waals surface area (Å²) in [6, 6.07) is 6.92. The van der Waals surface area contributed by atoms with Gasteiger partial charge in [0.05, 0.1) is 29.4 Å². The van der Waals surface area contributed by atoms with E-state index in [0.29, 0.717) is 23.6 Å². The second-order valence-corrected chi connectivity index (χ2v) is 7.04. The van der Waals surface area contributed by atoms with Gasteiger partial charge in [0.1, 0.15) is 5.75 Å². The van der Waals surface area contributed by atoms with Gasteiger partial charge in [0.15, 0.2) is 0 Å². The van der Waals surface area contributed by atoms with Gasteiger partial charge >= 0.3 is 0 Å². The second kappa shape index (κ2) is 7.06.